The lowest BCUT2D eigenvalue weighted by Gasteiger charge is -2.14. The average molecular weight is 436 g/mol. The number of anilines is 2. The van der Waals surface area contributed by atoms with E-state index in [1.54, 1.807) is 26.5 Å². The summed E-state index contributed by atoms with van der Waals surface area (Å²) < 4.78 is 16.6. The molecule has 0 saturated heterocycles. The van der Waals surface area contributed by atoms with E-state index in [4.69, 9.17) is 14.2 Å². The zero-order chi connectivity index (χ0) is 22.9. The summed E-state index contributed by atoms with van der Waals surface area (Å²) in [7, 11) is 7.07. The fourth-order valence-corrected chi connectivity index (χ4v) is 2.99. The van der Waals surface area contributed by atoms with Gasteiger partial charge in [-0.25, -0.2) is 5.43 Å². The molecule has 0 aliphatic rings. The molecule has 0 radical (unpaired) electrons. The average Bonchev–Trinajstić information content (AvgIpc) is 2.79. The fraction of sp³-hybridized carbons (Fsp3) is 0.292. The minimum absolute atomic E-state index is 0.362. The zero-order valence-electron chi connectivity index (χ0n) is 19.1. The molecule has 168 valence electrons. The number of methoxy groups -OCH3 is 2. The Morgan fingerprint density at radius 2 is 1.81 bits per heavy atom. The molecule has 2 aromatic carbocycles. The van der Waals surface area contributed by atoms with Gasteiger partial charge in [0.2, 0.25) is 11.8 Å². The third kappa shape index (κ3) is 6.34. The quantitative estimate of drug-likeness (QED) is 0.382. The lowest BCUT2D eigenvalue weighted by Crippen LogP contribution is -2.13. The molecule has 8 heteroatoms. The Morgan fingerprint density at radius 3 is 2.53 bits per heavy atom. The Kier molecular flexibility index (Phi) is 7.85. The molecule has 0 spiro atoms. The van der Waals surface area contributed by atoms with E-state index in [1.807, 2.05) is 68.4 Å². The smallest absolute Gasteiger partial charge is 0.248 e. The molecular weight excluding hydrogens is 406 g/mol. The Hall–Kier alpha value is -3.81. The van der Waals surface area contributed by atoms with Crippen LogP contribution in [0.3, 0.4) is 0 Å². The van der Waals surface area contributed by atoms with Crippen molar-refractivity contribution in [3.8, 4) is 17.4 Å². The van der Waals surface area contributed by atoms with Crippen LogP contribution in [0.4, 0.5) is 11.8 Å². The summed E-state index contributed by atoms with van der Waals surface area (Å²) >= 11 is 0. The first kappa shape index (κ1) is 22.9. The number of aryl methyl sites for hydroxylation is 1. The largest absolute Gasteiger partial charge is 0.493 e. The third-order valence-electron chi connectivity index (χ3n) is 4.66. The van der Waals surface area contributed by atoms with Gasteiger partial charge in [0.1, 0.15) is 5.82 Å². The Labute approximate surface area is 188 Å². The SMILES string of the molecule is COc1ccc(CCOc2cc(N(C)C)nc(N/N=C/c3cccc(C)c3)n2)cc1OC. The highest BCUT2D eigenvalue weighted by Gasteiger charge is 2.09. The summed E-state index contributed by atoms with van der Waals surface area (Å²) in [5.41, 5.74) is 6.13. The van der Waals surface area contributed by atoms with Gasteiger partial charge in [-0.05, 0) is 30.2 Å². The van der Waals surface area contributed by atoms with Gasteiger partial charge in [-0.15, -0.1) is 0 Å². The van der Waals surface area contributed by atoms with E-state index in [-0.39, 0.29) is 0 Å². The fourth-order valence-electron chi connectivity index (χ4n) is 2.99. The number of ether oxygens (including phenoxy) is 3. The van der Waals surface area contributed by atoms with Gasteiger partial charge in [0.05, 0.1) is 27.0 Å². The van der Waals surface area contributed by atoms with Crippen LogP contribution in [-0.4, -0.2) is 51.1 Å². The van der Waals surface area contributed by atoms with E-state index in [9.17, 15) is 0 Å². The van der Waals surface area contributed by atoms with Gasteiger partial charge in [-0.1, -0.05) is 35.9 Å². The summed E-state index contributed by atoms with van der Waals surface area (Å²) in [6.07, 6.45) is 2.42. The number of benzene rings is 2. The molecule has 8 nitrogen and oxygen atoms in total. The number of aromatic nitrogens is 2. The summed E-state index contributed by atoms with van der Waals surface area (Å²) in [6, 6.07) is 15.7. The minimum atomic E-state index is 0.362. The van der Waals surface area contributed by atoms with Gasteiger partial charge in [0.15, 0.2) is 11.5 Å². The van der Waals surface area contributed by atoms with Crippen LogP contribution in [0.25, 0.3) is 0 Å². The molecule has 1 heterocycles. The van der Waals surface area contributed by atoms with Gasteiger partial charge >= 0.3 is 0 Å². The molecule has 0 unspecified atom stereocenters. The van der Waals surface area contributed by atoms with E-state index in [0.29, 0.717) is 36.4 Å². The summed E-state index contributed by atoms with van der Waals surface area (Å²) in [4.78, 5) is 10.8. The maximum absolute atomic E-state index is 5.91. The van der Waals surface area contributed by atoms with E-state index >= 15 is 0 Å². The van der Waals surface area contributed by atoms with Crippen LogP contribution in [0.2, 0.25) is 0 Å². The Morgan fingerprint density at radius 1 is 1.00 bits per heavy atom. The number of rotatable bonds is 10. The molecule has 0 atom stereocenters. The normalized spacial score (nSPS) is 10.8. The third-order valence-corrected chi connectivity index (χ3v) is 4.66. The molecular formula is C24H29N5O3. The van der Waals surface area contributed by atoms with Crippen LogP contribution >= 0.6 is 0 Å². The molecule has 0 fully saturated rings. The number of hydrogen-bond acceptors (Lipinski definition) is 8. The first-order valence-corrected chi connectivity index (χ1v) is 10.2. The molecule has 1 N–H and O–H groups in total. The Balaban J connectivity index is 1.66. The van der Waals surface area contributed by atoms with Crippen LogP contribution in [0.15, 0.2) is 53.6 Å². The van der Waals surface area contributed by atoms with Crippen molar-refractivity contribution < 1.29 is 14.2 Å². The highest BCUT2D eigenvalue weighted by atomic mass is 16.5. The maximum atomic E-state index is 5.91. The number of nitrogens with zero attached hydrogens (tertiary/aromatic N) is 4. The number of hydrogen-bond donors (Lipinski definition) is 1. The monoisotopic (exact) mass is 435 g/mol. The van der Waals surface area contributed by atoms with Gasteiger partial charge in [0, 0.05) is 26.6 Å². The van der Waals surface area contributed by atoms with E-state index < -0.39 is 0 Å². The molecule has 0 aliphatic heterocycles. The van der Waals surface area contributed by atoms with E-state index in [0.717, 1.165) is 16.9 Å². The van der Waals surface area contributed by atoms with Crippen molar-refractivity contribution in [1.82, 2.24) is 9.97 Å². The van der Waals surface area contributed by atoms with Crippen LogP contribution in [0.5, 0.6) is 17.4 Å². The van der Waals surface area contributed by atoms with Crippen LogP contribution in [-0.2, 0) is 6.42 Å². The molecule has 1 aromatic heterocycles. The van der Waals surface area contributed by atoms with Crippen molar-refractivity contribution >= 4 is 18.0 Å². The second kappa shape index (κ2) is 11.0. The summed E-state index contributed by atoms with van der Waals surface area (Å²) in [5.74, 6) is 2.94. The first-order valence-electron chi connectivity index (χ1n) is 10.2. The maximum Gasteiger partial charge on any atom is 0.248 e. The van der Waals surface area contributed by atoms with E-state index in [2.05, 4.69) is 20.5 Å². The van der Waals surface area contributed by atoms with Gasteiger partial charge in [0.25, 0.3) is 0 Å². The topological polar surface area (TPSA) is 81.1 Å². The molecule has 3 aromatic rings. The van der Waals surface area contributed by atoms with Crippen LogP contribution in [0.1, 0.15) is 16.7 Å². The molecule has 3 rings (SSSR count). The molecule has 0 amide bonds. The van der Waals surface area contributed by atoms with Crippen molar-refractivity contribution in [2.75, 3.05) is 45.2 Å². The van der Waals surface area contributed by atoms with Gasteiger partial charge < -0.3 is 19.1 Å². The second-order valence-corrected chi connectivity index (χ2v) is 7.35. The molecule has 0 saturated carbocycles. The molecule has 32 heavy (non-hydrogen) atoms. The lowest BCUT2D eigenvalue weighted by atomic mass is 10.1. The Bertz CT molecular complexity index is 1070. The van der Waals surface area contributed by atoms with E-state index in [1.165, 1.54) is 5.56 Å². The highest BCUT2D eigenvalue weighted by molar-refractivity contribution is 5.80. The van der Waals surface area contributed by atoms with Gasteiger partial charge in [-0.3, -0.25) is 0 Å². The first-order chi connectivity index (χ1) is 15.5. The summed E-state index contributed by atoms with van der Waals surface area (Å²) in [5, 5.41) is 4.26. The predicted octanol–water partition coefficient (Wildman–Crippen LogP) is 3.94. The standard InChI is InChI=1S/C24H29N5O3/c1-17-7-6-8-19(13-17)16-25-28-24-26-22(29(2)3)15-23(27-24)32-12-11-18-9-10-20(30-4)21(14-18)31-5/h6-10,13-16H,11-12H2,1-5H3,(H,26,27,28)/b25-16+. The lowest BCUT2D eigenvalue weighted by molar-refractivity contribution is 0.309. The minimum Gasteiger partial charge on any atom is -0.493 e. The predicted molar refractivity (Wildman–Crippen MR) is 127 cm³/mol. The molecule has 0 bridgehead atoms. The number of nitrogens with one attached hydrogen (secondary N) is 1. The second-order valence-electron chi connectivity index (χ2n) is 7.35. The van der Waals surface area contributed by atoms with Crippen molar-refractivity contribution in [2.24, 2.45) is 5.10 Å². The van der Waals surface area contributed by atoms with Crippen molar-refractivity contribution in [1.29, 1.82) is 0 Å². The van der Waals surface area contributed by atoms with Crippen molar-refractivity contribution in [3.05, 3.63) is 65.2 Å². The van der Waals surface area contributed by atoms with Crippen LogP contribution < -0.4 is 24.5 Å². The van der Waals surface area contributed by atoms with Crippen LogP contribution in [0, 0.1) is 6.92 Å². The number of hydrazone groups is 1. The van der Waals surface area contributed by atoms with Gasteiger partial charge in [-0.2, -0.15) is 15.1 Å². The molecule has 0 aliphatic carbocycles. The van der Waals surface area contributed by atoms with Crippen molar-refractivity contribution in [3.63, 3.8) is 0 Å². The highest BCUT2D eigenvalue weighted by Crippen LogP contribution is 2.27. The zero-order valence-corrected chi connectivity index (χ0v) is 19.1. The van der Waals surface area contributed by atoms with Crippen molar-refractivity contribution in [2.45, 2.75) is 13.3 Å². The summed E-state index contributed by atoms with van der Waals surface area (Å²) in [6.45, 7) is 2.49.